The van der Waals surface area contributed by atoms with Gasteiger partial charge in [0, 0.05) is 28.0 Å². The van der Waals surface area contributed by atoms with Crippen LogP contribution in [-0.2, 0) is 4.79 Å². The summed E-state index contributed by atoms with van der Waals surface area (Å²) in [6.07, 6.45) is 1.64. The molecule has 6 heteroatoms. The lowest BCUT2D eigenvalue weighted by Gasteiger charge is -2.16. The van der Waals surface area contributed by atoms with Gasteiger partial charge in [-0.3, -0.25) is 14.3 Å². The van der Waals surface area contributed by atoms with Gasteiger partial charge in [-0.2, -0.15) is 5.10 Å². The van der Waals surface area contributed by atoms with Crippen molar-refractivity contribution in [2.24, 2.45) is 0 Å². The third-order valence-electron chi connectivity index (χ3n) is 4.13. The number of benzene rings is 2. The van der Waals surface area contributed by atoms with Gasteiger partial charge in [-0.25, -0.2) is 0 Å². The lowest BCUT2D eigenvalue weighted by Crippen LogP contribution is -2.26. The lowest BCUT2D eigenvalue weighted by atomic mass is 10.0. The van der Waals surface area contributed by atoms with Crippen molar-refractivity contribution in [1.82, 2.24) is 9.78 Å². The first-order valence-corrected chi connectivity index (χ1v) is 8.55. The number of nitrogens with one attached hydrogen (secondary N) is 1. The molecule has 1 amide bonds. The molecular weight excluding hydrogens is 350 g/mol. The molecule has 0 aliphatic carbocycles. The van der Waals surface area contributed by atoms with Crippen LogP contribution in [-0.4, -0.2) is 21.5 Å². The van der Waals surface area contributed by atoms with E-state index in [0.717, 1.165) is 5.69 Å². The van der Waals surface area contributed by atoms with Gasteiger partial charge in [0.2, 0.25) is 5.91 Å². The number of rotatable bonds is 5. The van der Waals surface area contributed by atoms with Crippen molar-refractivity contribution in [3.63, 3.8) is 0 Å². The topological polar surface area (TPSA) is 64.0 Å². The van der Waals surface area contributed by atoms with Crippen molar-refractivity contribution in [3.05, 3.63) is 82.6 Å². The first kappa shape index (κ1) is 17.9. The van der Waals surface area contributed by atoms with E-state index in [2.05, 4.69) is 10.4 Å². The average molecular weight is 368 g/mol. The molecule has 0 radical (unpaired) electrons. The summed E-state index contributed by atoms with van der Waals surface area (Å²) in [6.45, 7) is 3.63. The molecule has 1 atom stereocenters. The smallest absolute Gasteiger partial charge is 0.248 e. The number of carbonyl (C=O) groups is 2. The van der Waals surface area contributed by atoms with Gasteiger partial charge in [-0.05, 0) is 38.1 Å². The molecule has 1 N–H and O–H groups in total. The summed E-state index contributed by atoms with van der Waals surface area (Å²) in [7, 11) is 0. The third-order valence-corrected chi connectivity index (χ3v) is 4.37. The number of carbonyl (C=O) groups excluding carboxylic acids is 2. The number of halogens is 1. The normalized spacial score (nSPS) is 11.8. The highest BCUT2D eigenvalue weighted by Crippen LogP contribution is 2.25. The summed E-state index contributed by atoms with van der Waals surface area (Å²) >= 11 is 6.07. The summed E-state index contributed by atoms with van der Waals surface area (Å²) in [4.78, 5) is 25.5. The molecule has 0 aliphatic heterocycles. The van der Waals surface area contributed by atoms with E-state index in [9.17, 15) is 9.59 Å². The summed E-state index contributed by atoms with van der Waals surface area (Å²) in [5.41, 5.74) is 2.18. The number of hydrogen-bond acceptors (Lipinski definition) is 3. The Hall–Kier alpha value is -2.92. The van der Waals surface area contributed by atoms with Crippen LogP contribution >= 0.6 is 11.6 Å². The van der Waals surface area contributed by atoms with Gasteiger partial charge in [0.1, 0.15) is 6.04 Å². The molecule has 0 fully saturated rings. The minimum Gasteiger partial charge on any atom is -0.324 e. The predicted molar refractivity (Wildman–Crippen MR) is 102 cm³/mol. The van der Waals surface area contributed by atoms with E-state index < -0.39 is 6.04 Å². The summed E-state index contributed by atoms with van der Waals surface area (Å²) in [5.74, 6) is -0.465. The zero-order chi connectivity index (χ0) is 18.7. The molecule has 2 aromatic carbocycles. The van der Waals surface area contributed by atoms with Gasteiger partial charge < -0.3 is 5.32 Å². The van der Waals surface area contributed by atoms with Crippen LogP contribution in [0.25, 0.3) is 0 Å². The molecule has 3 rings (SSSR count). The van der Waals surface area contributed by atoms with E-state index in [1.807, 2.05) is 19.1 Å². The number of ketones is 1. The second-order valence-corrected chi connectivity index (χ2v) is 6.40. The SMILES string of the molecule is Cc1ccnn1C(C)C(=O)Nc1ccc(Cl)cc1C(=O)c1ccccc1. The number of amides is 1. The van der Waals surface area contributed by atoms with Crippen molar-refractivity contribution in [2.45, 2.75) is 19.9 Å². The Morgan fingerprint density at radius 1 is 1.12 bits per heavy atom. The highest BCUT2D eigenvalue weighted by molar-refractivity contribution is 6.31. The zero-order valence-corrected chi connectivity index (χ0v) is 15.2. The van der Waals surface area contributed by atoms with Gasteiger partial charge in [0.15, 0.2) is 5.78 Å². The van der Waals surface area contributed by atoms with Gasteiger partial charge in [-0.1, -0.05) is 41.9 Å². The standard InChI is InChI=1S/C20H18ClN3O2/c1-13-10-11-22-24(13)14(2)20(26)23-18-9-8-16(21)12-17(18)19(25)15-6-4-3-5-7-15/h3-12,14H,1-2H3,(H,23,26). The second kappa shape index (κ2) is 7.54. The van der Waals surface area contributed by atoms with Crippen molar-refractivity contribution < 1.29 is 9.59 Å². The molecular formula is C20H18ClN3O2. The first-order chi connectivity index (χ1) is 12.5. The fourth-order valence-electron chi connectivity index (χ4n) is 2.69. The van der Waals surface area contributed by atoms with Crippen molar-refractivity contribution in [2.75, 3.05) is 5.32 Å². The van der Waals surface area contributed by atoms with Crippen LogP contribution in [0.2, 0.25) is 5.02 Å². The van der Waals surface area contributed by atoms with Crippen LogP contribution in [0.15, 0.2) is 60.8 Å². The van der Waals surface area contributed by atoms with E-state index in [4.69, 9.17) is 11.6 Å². The molecule has 26 heavy (non-hydrogen) atoms. The number of nitrogens with zero attached hydrogens (tertiary/aromatic N) is 2. The minimum atomic E-state index is -0.514. The third kappa shape index (κ3) is 3.68. The van der Waals surface area contributed by atoms with E-state index in [0.29, 0.717) is 21.8 Å². The Bertz CT molecular complexity index is 951. The summed E-state index contributed by atoms with van der Waals surface area (Å²) in [5, 5.41) is 7.42. The first-order valence-electron chi connectivity index (χ1n) is 8.17. The van der Waals surface area contributed by atoms with E-state index >= 15 is 0 Å². The Morgan fingerprint density at radius 3 is 2.50 bits per heavy atom. The van der Waals surface area contributed by atoms with E-state index in [1.54, 1.807) is 60.3 Å². The number of anilines is 1. The van der Waals surface area contributed by atoms with Gasteiger partial charge in [0.25, 0.3) is 0 Å². The molecule has 1 aromatic heterocycles. The largest absolute Gasteiger partial charge is 0.324 e. The molecule has 1 unspecified atom stereocenters. The number of hydrogen-bond donors (Lipinski definition) is 1. The Morgan fingerprint density at radius 2 is 1.85 bits per heavy atom. The molecule has 5 nitrogen and oxygen atoms in total. The Balaban J connectivity index is 1.90. The van der Waals surface area contributed by atoms with E-state index in [1.165, 1.54) is 0 Å². The Kier molecular flexibility index (Phi) is 5.19. The molecule has 0 saturated heterocycles. The molecule has 3 aromatic rings. The lowest BCUT2D eigenvalue weighted by molar-refractivity contribution is -0.119. The highest BCUT2D eigenvalue weighted by atomic mass is 35.5. The second-order valence-electron chi connectivity index (χ2n) is 5.97. The van der Waals surface area contributed by atoms with Gasteiger partial charge in [0.05, 0.1) is 5.69 Å². The van der Waals surface area contributed by atoms with Crippen molar-refractivity contribution >= 4 is 29.0 Å². The van der Waals surface area contributed by atoms with Crippen molar-refractivity contribution in [1.29, 1.82) is 0 Å². The van der Waals surface area contributed by atoms with Crippen LogP contribution in [0.5, 0.6) is 0 Å². The fraction of sp³-hybridized carbons (Fsp3) is 0.150. The summed E-state index contributed by atoms with van der Waals surface area (Å²) < 4.78 is 1.63. The molecule has 1 heterocycles. The summed E-state index contributed by atoms with van der Waals surface area (Å²) in [6, 6.07) is 15.0. The molecule has 0 bridgehead atoms. The van der Waals surface area contributed by atoms with Crippen LogP contribution in [0.3, 0.4) is 0 Å². The van der Waals surface area contributed by atoms with Crippen LogP contribution in [0.4, 0.5) is 5.69 Å². The van der Waals surface area contributed by atoms with E-state index in [-0.39, 0.29) is 11.7 Å². The minimum absolute atomic E-state index is 0.202. The van der Waals surface area contributed by atoms with Gasteiger partial charge >= 0.3 is 0 Å². The highest BCUT2D eigenvalue weighted by Gasteiger charge is 2.20. The predicted octanol–water partition coefficient (Wildman–Crippen LogP) is 4.28. The molecule has 0 spiro atoms. The van der Waals surface area contributed by atoms with Gasteiger partial charge in [-0.15, -0.1) is 0 Å². The van der Waals surface area contributed by atoms with Crippen LogP contribution in [0, 0.1) is 6.92 Å². The Labute approximate surface area is 156 Å². The molecule has 0 aliphatic rings. The maximum Gasteiger partial charge on any atom is 0.248 e. The maximum atomic E-state index is 12.8. The molecule has 132 valence electrons. The monoisotopic (exact) mass is 367 g/mol. The maximum absolute atomic E-state index is 12.8. The number of aromatic nitrogens is 2. The molecule has 0 saturated carbocycles. The average Bonchev–Trinajstić information content (AvgIpc) is 3.08. The fourth-order valence-corrected chi connectivity index (χ4v) is 2.86. The number of aryl methyl sites for hydroxylation is 1. The zero-order valence-electron chi connectivity index (χ0n) is 14.4. The van der Waals surface area contributed by atoms with Crippen LogP contribution in [0.1, 0.15) is 34.6 Å². The quantitative estimate of drug-likeness (QED) is 0.685. The van der Waals surface area contributed by atoms with Crippen LogP contribution < -0.4 is 5.32 Å². The van der Waals surface area contributed by atoms with Crippen molar-refractivity contribution in [3.8, 4) is 0 Å².